The largest absolute Gasteiger partial charge is 0.382 e. The van der Waals surface area contributed by atoms with Crippen molar-refractivity contribution in [3.05, 3.63) is 47.5 Å². The summed E-state index contributed by atoms with van der Waals surface area (Å²) in [5.41, 5.74) is 7.81. The predicted molar refractivity (Wildman–Crippen MR) is 98.5 cm³/mol. The molecule has 4 rings (SSSR count). The van der Waals surface area contributed by atoms with E-state index in [0.29, 0.717) is 35.1 Å². The molecule has 134 valence electrons. The molecule has 9 heteroatoms. The van der Waals surface area contributed by atoms with Gasteiger partial charge in [0.05, 0.1) is 12.4 Å². The number of benzene rings is 1. The van der Waals surface area contributed by atoms with E-state index >= 15 is 0 Å². The van der Waals surface area contributed by atoms with Gasteiger partial charge in [-0.1, -0.05) is 29.8 Å². The number of nitrogen functional groups attached to an aromatic ring is 1. The third-order valence-electron chi connectivity index (χ3n) is 4.56. The maximum Gasteiger partial charge on any atom is 0.243 e. The first-order valence-corrected chi connectivity index (χ1v) is 8.69. The summed E-state index contributed by atoms with van der Waals surface area (Å²) in [7, 11) is 0. The van der Waals surface area contributed by atoms with Crippen molar-refractivity contribution >= 4 is 34.5 Å². The van der Waals surface area contributed by atoms with Crippen LogP contribution in [0.15, 0.2) is 36.9 Å². The molecule has 0 bridgehead atoms. The van der Waals surface area contributed by atoms with Crippen molar-refractivity contribution < 1.29 is 4.79 Å². The Morgan fingerprint density at radius 3 is 3.00 bits per heavy atom. The Hall–Kier alpha value is -2.71. The topological polar surface area (TPSA) is 102 Å². The molecule has 1 atom stereocenters. The number of anilines is 1. The minimum Gasteiger partial charge on any atom is -0.382 e. The van der Waals surface area contributed by atoms with Crippen molar-refractivity contribution in [3.8, 4) is 0 Å². The summed E-state index contributed by atoms with van der Waals surface area (Å²) >= 11 is 6.35. The molecule has 26 heavy (non-hydrogen) atoms. The number of nitrogens with zero attached hydrogens (tertiary/aromatic N) is 5. The molecule has 0 saturated carbocycles. The average molecular weight is 372 g/mol. The quantitative estimate of drug-likeness (QED) is 0.718. The molecule has 1 amide bonds. The maximum atomic E-state index is 13.0. The van der Waals surface area contributed by atoms with Gasteiger partial charge in [0.25, 0.3) is 0 Å². The molecular formula is C17H18ClN7O. The Morgan fingerprint density at radius 2 is 2.15 bits per heavy atom. The van der Waals surface area contributed by atoms with Crippen molar-refractivity contribution in [3.63, 3.8) is 0 Å². The van der Waals surface area contributed by atoms with E-state index in [-0.39, 0.29) is 18.5 Å². The van der Waals surface area contributed by atoms with Crippen LogP contribution in [0.25, 0.3) is 11.2 Å². The van der Waals surface area contributed by atoms with Crippen LogP contribution in [-0.2, 0) is 11.3 Å². The zero-order chi connectivity index (χ0) is 18.1. The summed E-state index contributed by atoms with van der Waals surface area (Å²) in [4.78, 5) is 27.2. The lowest BCUT2D eigenvalue weighted by molar-refractivity contribution is -0.135. The fraction of sp³-hybridized carbons (Fsp3) is 0.294. The molecule has 1 unspecified atom stereocenters. The van der Waals surface area contributed by atoms with E-state index < -0.39 is 0 Å². The minimum absolute atomic E-state index is 0.0205. The highest BCUT2D eigenvalue weighted by Crippen LogP contribution is 2.29. The Balaban J connectivity index is 1.61. The lowest BCUT2D eigenvalue weighted by atomic mass is 10.0. The van der Waals surface area contributed by atoms with E-state index in [1.54, 1.807) is 10.9 Å². The SMILES string of the molecule is Nc1ncnc2c1ncn2CC(=O)N1CCNCC1c1ccccc1Cl. The van der Waals surface area contributed by atoms with E-state index in [2.05, 4.69) is 20.3 Å². The number of aromatic nitrogens is 4. The number of imidazole rings is 1. The molecule has 1 saturated heterocycles. The summed E-state index contributed by atoms with van der Waals surface area (Å²) in [5.74, 6) is 0.283. The maximum absolute atomic E-state index is 13.0. The van der Waals surface area contributed by atoms with E-state index in [0.717, 1.165) is 12.1 Å². The summed E-state index contributed by atoms with van der Waals surface area (Å²) in [5, 5.41) is 3.99. The van der Waals surface area contributed by atoms with Crippen LogP contribution in [0, 0.1) is 0 Å². The van der Waals surface area contributed by atoms with Crippen LogP contribution < -0.4 is 11.1 Å². The van der Waals surface area contributed by atoms with Gasteiger partial charge in [-0.15, -0.1) is 0 Å². The van der Waals surface area contributed by atoms with Gasteiger partial charge in [-0.25, -0.2) is 15.0 Å². The smallest absolute Gasteiger partial charge is 0.243 e. The molecule has 0 spiro atoms. The second-order valence-corrected chi connectivity index (χ2v) is 6.54. The Kier molecular flexibility index (Phi) is 4.44. The van der Waals surface area contributed by atoms with Gasteiger partial charge >= 0.3 is 0 Å². The van der Waals surface area contributed by atoms with Gasteiger partial charge < -0.3 is 20.5 Å². The van der Waals surface area contributed by atoms with Gasteiger partial charge in [0.2, 0.25) is 5.91 Å². The van der Waals surface area contributed by atoms with Crippen molar-refractivity contribution in [2.24, 2.45) is 0 Å². The fourth-order valence-electron chi connectivity index (χ4n) is 3.28. The molecule has 1 fully saturated rings. The summed E-state index contributed by atoms with van der Waals surface area (Å²) in [6.07, 6.45) is 2.94. The second kappa shape index (κ2) is 6.89. The zero-order valence-electron chi connectivity index (χ0n) is 14.0. The molecule has 1 aliphatic rings. The van der Waals surface area contributed by atoms with Crippen LogP contribution >= 0.6 is 11.6 Å². The number of nitrogens with one attached hydrogen (secondary N) is 1. The highest BCUT2D eigenvalue weighted by atomic mass is 35.5. The molecule has 2 aromatic heterocycles. The van der Waals surface area contributed by atoms with Gasteiger partial charge in [-0.2, -0.15) is 0 Å². The van der Waals surface area contributed by atoms with Crippen LogP contribution in [-0.4, -0.2) is 50.0 Å². The average Bonchev–Trinajstić information content (AvgIpc) is 3.06. The molecule has 1 aromatic carbocycles. The number of fused-ring (bicyclic) bond motifs is 1. The first kappa shape index (κ1) is 16.7. The molecule has 3 heterocycles. The number of rotatable bonds is 3. The molecule has 0 aliphatic carbocycles. The van der Waals surface area contributed by atoms with Gasteiger partial charge in [0.1, 0.15) is 18.4 Å². The first-order valence-electron chi connectivity index (χ1n) is 8.31. The molecule has 8 nitrogen and oxygen atoms in total. The van der Waals surface area contributed by atoms with Crippen LogP contribution in [0.2, 0.25) is 5.02 Å². The van der Waals surface area contributed by atoms with Crippen LogP contribution in [0.5, 0.6) is 0 Å². The highest BCUT2D eigenvalue weighted by molar-refractivity contribution is 6.31. The third-order valence-corrected chi connectivity index (χ3v) is 4.91. The Bertz CT molecular complexity index is 957. The number of carbonyl (C=O) groups excluding carboxylic acids is 1. The van der Waals surface area contributed by atoms with E-state index in [1.807, 2.05) is 29.2 Å². The molecule has 3 aromatic rings. The van der Waals surface area contributed by atoms with Crippen molar-refractivity contribution in [1.29, 1.82) is 0 Å². The summed E-state index contributed by atoms with van der Waals surface area (Å²) in [6, 6.07) is 7.51. The zero-order valence-corrected chi connectivity index (χ0v) is 14.7. The van der Waals surface area contributed by atoms with Gasteiger partial charge in [0, 0.05) is 24.7 Å². The highest BCUT2D eigenvalue weighted by Gasteiger charge is 2.29. The lowest BCUT2D eigenvalue weighted by Gasteiger charge is -2.37. The molecular weight excluding hydrogens is 354 g/mol. The van der Waals surface area contributed by atoms with Crippen LogP contribution in [0.3, 0.4) is 0 Å². The standard InChI is InChI=1S/C17H18ClN7O/c18-12-4-2-1-3-11(12)13-7-20-5-6-25(13)14(26)8-24-10-23-15-16(19)21-9-22-17(15)24/h1-4,9-10,13,20H,5-8H2,(H2,19,21,22). The van der Waals surface area contributed by atoms with Crippen molar-refractivity contribution in [1.82, 2.24) is 29.7 Å². The van der Waals surface area contributed by atoms with E-state index in [4.69, 9.17) is 17.3 Å². The normalized spacial score (nSPS) is 17.6. The fourth-order valence-corrected chi connectivity index (χ4v) is 3.54. The van der Waals surface area contributed by atoms with Crippen molar-refractivity contribution in [2.75, 3.05) is 25.4 Å². The molecule has 3 N–H and O–H groups in total. The summed E-state index contributed by atoms with van der Waals surface area (Å²) < 4.78 is 1.70. The van der Waals surface area contributed by atoms with Crippen molar-refractivity contribution in [2.45, 2.75) is 12.6 Å². The van der Waals surface area contributed by atoms with Crippen LogP contribution in [0.4, 0.5) is 5.82 Å². The van der Waals surface area contributed by atoms with Crippen LogP contribution in [0.1, 0.15) is 11.6 Å². The number of nitrogens with two attached hydrogens (primary N) is 1. The Morgan fingerprint density at radius 1 is 1.31 bits per heavy atom. The minimum atomic E-state index is -0.112. The van der Waals surface area contributed by atoms with E-state index in [1.165, 1.54) is 6.33 Å². The number of hydrogen-bond donors (Lipinski definition) is 2. The van der Waals surface area contributed by atoms with E-state index in [9.17, 15) is 4.79 Å². The van der Waals surface area contributed by atoms with Gasteiger partial charge in [0.15, 0.2) is 11.5 Å². The number of hydrogen-bond acceptors (Lipinski definition) is 6. The third kappa shape index (κ3) is 2.97. The number of halogens is 1. The number of carbonyl (C=O) groups is 1. The summed E-state index contributed by atoms with van der Waals surface area (Å²) in [6.45, 7) is 2.15. The number of piperazine rings is 1. The molecule has 1 aliphatic heterocycles. The van der Waals surface area contributed by atoms with Gasteiger partial charge in [-0.3, -0.25) is 4.79 Å². The van der Waals surface area contributed by atoms with Gasteiger partial charge in [-0.05, 0) is 11.6 Å². The lowest BCUT2D eigenvalue weighted by Crippen LogP contribution is -2.49. The molecule has 0 radical (unpaired) electrons. The predicted octanol–water partition coefficient (Wildman–Crippen LogP) is 1.24. The Labute approximate surface area is 155 Å². The number of amides is 1. The second-order valence-electron chi connectivity index (χ2n) is 6.13. The first-order chi connectivity index (χ1) is 12.6. The monoisotopic (exact) mass is 371 g/mol.